The summed E-state index contributed by atoms with van der Waals surface area (Å²) < 4.78 is 51.3. The summed E-state index contributed by atoms with van der Waals surface area (Å²) in [5, 5.41) is 10.7. The third-order valence-corrected chi connectivity index (χ3v) is 6.47. The van der Waals surface area contributed by atoms with Gasteiger partial charge in [0.25, 0.3) is 0 Å². The Morgan fingerprint density at radius 3 is 2.04 bits per heavy atom. The van der Waals surface area contributed by atoms with Crippen molar-refractivity contribution in [1.29, 1.82) is 0 Å². The highest BCUT2D eigenvalue weighted by Gasteiger charge is 2.22. The van der Waals surface area contributed by atoms with Crippen LogP contribution in [0.1, 0.15) is 6.92 Å². The predicted octanol–water partition coefficient (Wildman–Crippen LogP) is -0.0639. The SMILES string of the molecule is C[C@@H](NS(=O)(=O)c1cccc(S(=O)(=O)c2ccccc2)c1)C(=O)[O-]. The van der Waals surface area contributed by atoms with Crippen molar-refractivity contribution in [2.75, 3.05) is 0 Å². The van der Waals surface area contributed by atoms with Crippen molar-refractivity contribution >= 4 is 25.8 Å². The van der Waals surface area contributed by atoms with Crippen LogP contribution in [0, 0.1) is 0 Å². The number of benzene rings is 2. The van der Waals surface area contributed by atoms with Crippen LogP contribution in [0.2, 0.25) is 0 Å². The number of aliphatic carboxylic acids is 1. The summed E-state index contributed by atoms with van der Waals surface area (Å²) >= 11 is 0. The lowest BCUT2D eigenvalue weighted by Gasteiger charge is -2.15. The Bertz CT molecular complexity index is 952. The van der Waals surface area contributed by atoms with E-state index < -0.39 is 31.9 Å². The third-order valence-electron chi connectivity index (χ3n) is 3.17. The number of carbonyl (C=O) groups is 1. The molecule has 1 N–H and O–H groups in total. The Morgan fingerprint density at radius 1 is 0.917 bits per heavy atom. The number of hydrogen-bond acceptors (Lipinski definition) is 6. The highest BCUT2D eigenvalue weighted by Crippen LogP contribution is 2.23. The van der Waals surface area contributed by atoms with Crippen molar-refractivity contribution in [1.82, 2.24) is 4.72 Å². The number of carbonyl (C=O) groups excluding carboxylic acids is 1. The molecular weight excluding hydrogens is 354 g/mol. The molecule has 0 saturated heterocycles. The smallest absolute Gasteiger partial charge is 0.241 e. The van der Waals surface area contributed by atoms with Gasteiger partial charge in [-0.3, -0.25) is 0 Å². The van der Waals surface area contributed by atoms with E-state index in [0.29, 0.717) is 0 Å². The lowest BCUT2D eigenvalue weighted by molar-refractivity contribution is -0.307. The molecule has 0 aliphatic carbocycles. The lowest BCUT2D eigenvalue weighted by Crippen LogP contribution is -2.45. The minimum absolute atomic E-state index is 0.0237. The average molecular weight is 368 g/mol. The summed E-state index contributed by atoms with van der Waals surface area (Å²) in [4.78, 5) is 10.1. The molecule has 128 valence electrons. The van der Waals surface area contributed by atoms with Crippen molar-refractivity contribution in [2.45, 2.75) is 27.7 Å². The van der Waals surface area contributed by atoms with Crippen LogP contribution in [-0.4, -0.2) is 28.8 Å². The minimum Gasteiger partial charge on any atom is -0.548 e. The Labute approximate surface area is 139 Å². The van der Waals surface area contributed by atoms with Gasteiger partial charge in [-0.2, -0.15) is 0 Å². The van der Waals surface area contributed by atoms with Gasteiger partial charge in [0.15, 0.2) is 0 Å². The van der Waals surface area contributed by atoms with Gasteiger partial charge in [-0.05, 0) is 37.3 Å². The van der Waals surface area contributed by atoms with Gasteiger partial charge < -0.3 is 9.90 Å². The molecular formula is C15H14NO6S2-. The van der Waals surface area contributed by atoms with Gasteiger partial charge in [0, 0.05) is 0 Å². The summed E-state index contributed by atoms with van der Waals surface area (Å²) in [5.41, 5.74) is 0. The Morgan fingerprint density at radius 2 is 1.46 bits per heavy atom. The number of sulfonamides is 1. The third kappa shape index (κ3) is 3.81. The van der Waals surface area contributed by atoms with E-state index in [0.717, 1.165) is 13.0 Å². The van der Waals surface area contributed by atoms with E-state index in [1.165, 1.54) is 30.3 Å². The van der Waals surface area contributed by atoms with Crippen LogP contribution in [0.4, 0.5) is 0 Å². The standard InChI is InChI=1S/C15H15NO6S2/c1-11(15(17)18)16-24(21,22)14-9-5-8-13(10-14)23(19,20)12-6-3-2-4-7-12/h2-11,16H,1H3,(H,17,18)/p-1/t11-/m1/s1. The van der Waals surface area contributed by atoms with Gasteiger partial charge in [0.05, 0.1) is 26.7 Å². The molecule has 0 aromatic heterocycles. The van der Waals surface area contributed by atoms with Crippen LogP contribution in [-0.2, 0) is 24.7 Å². The van der Waals surface area contributed by atoms with Crippen molar-refractivity contribution < 1.29 is 26.7 Å². The maximum atomic E-state index is 12.5. The number of nitrogens with one attached hydrogen (secondary N) is 1. The summed E-state index contributed by atoms with van der Waals surface area (Å²) in [6.07, 6.45) is 0. The topological polar surface area (TPSA) is 120 Å². The molecule has 0 heterocycles. The van der Waals surface area contributed by atoms with E-state index in [4.69, 9.17) is 0 Å². The van der Waals surface area contributed by atoms with Gasteiger partial charge in [-0.15, -0.1) is 0 Å². The predicted molar refractivity (Wildman–Crippen MR) is 83.1 cm³/mol. The zero-order valence-corrected chi connectivity index (χ0v) is 14.2. The first-order chi connectivity index (χ1) is 11.1. The van der Waals surface area contributed by atoms with Gasteiger partial charge >= 0.3 is 0 Å². The van der Waals surface area contributed by atoms with Gasteiger partial charge in [0.1, 0.15) is 0 Å². The van der Waals surface area contributed by atoms with E-state index in [1.54, 1.807) is 18.2 Å². The van der Waals surface area contributed by atoms with Crippen LogP contribution in [0.3, 0.4) is 0 Å². The van der Waals surface area contributed by atoms with Crippen LogP contribution >= 0.6 is 0 Å². The second kappa shape index (κ2) is 6.71. The molecule has 0 spiro atoms. The molecule has 1 atom stereocenters. The quantitative estimate of drug-likeness (QED) is 0.762. The largest absolute Gasteiger partial charge is 0.548 e. The maximum absolute atomic E-state index is 12.5. The van der Waals surface area contributed by atoms with Crippen LogP contribution in [0.5, 0.6) is 0 Å². The molecule has 9 heteroatoms. The fourth-order valence-electron chi connectivity index (χ4n) is 1.89. The Kier molecular flexibility index (Phi) is 5.07. The molecule has 7 nitrogen and oxygen atoms in total. The molecule has 0 fully saturated rings. The van der Waals surface area contributed by atoms with E-state index >= 15 is 0 Å². The first-order valence-corrected chi connectivity index (χ1v) is 9.74. The zero-order chi connectivity index (χ0) is 18.0. The highest BCUT2D eigenvalue weighted by molar-refractivity contribution is 7.91. The fraction of sp³-hybridized carbons (Fsp3) is 0.133. The van der Waals surface area contributed by atoms with Crippen LogP contribution in [0.15, 0.2) is 69.3 Å². The molecule has 0 radical (unpaired) electrons. The Hall–Kier alpha value is -2.23. The zero-order valence-electron chi connectivity index (χ0n) is 12.5. The molecule has 0 amide bonds. The van der Waals surface area contributed by atoms with Crippen LogP contribution < -0.4 is 9.83 Å². The molecule has 0 aliphatic heterocycles. The van der Waals surface area contributed by atoms with Gasteiger partial charge in [-0.1, -0.05) is 24.3 Å². The molecule has 0 unspecified atom stereocenters. The van der Waals surface area contributed by atoms with E-state index in [2.05, 4.69) is 0 Å². The number of sulfone groups is 1. The minimum atomic E-state index is -4.20. The second-order valence-electron chi connectivity index (χ2n) is 4.95. The average Bonchev–Trinajstić information content (AvgIpc) is 2.55. The molecule has 2 aromatic rings. The molecule has 0 saturated carbocycles. The maximum Gasteiger partial charge on any atom is 0.241 e. The van der Waals surface area contributed by atoms with Crippen molar-refractivity contribution in [3.63, 3.8) is 0 Å². The van der Waals surface area contributed by atoms with Gasteiger partial charge in [0.2, 0.25) is 19.9 Å². The number of carboxylic acid groups (broad SMARTS) is 1. The first kappa shape index (κ1) is 18.1. The number of hydrogen-bond donors (Lipinski definition) is 1. The van der Waals surface area contributed by atoms with Gasteiger partial charge in [-0.25, -0.2) is 21.6 Å². The highest BCUT2D eigenvalue weighted by atomic mass is 32.2. The van der Waals surface area contributed by atoms with Crippen molar-refractivity contribution in [3.05, 3.63) is 54.6 Å². The molecule has 2 aromatic carbocycles. The number of rotatable bonds is 6. The summed E-state index contributed by atoms with van der Waals surface area (Å²) in [6.45, 7) is 1.11. The van der Waals surface area contributed by atoms with E-state index in [-0.39, 0.29) is 14.7 Å². The van der Waals surface area contributed by atoms with E-state index in [9.17, 15) is 26.7 Å². The lowest BCUT2D eigenvalue weighted by atomic mass is 10.4. The summed E-state index contributed by atoms with van der Waals surface area (Å²) in [7, 11) is -8.09. The van der Waals surface area contributed by atoms with Crippen molar-refractivity contribution in [3.8, 4) is 0 Å². The monoisotopic (exact) mass is 368 g/mol. The summed E-state index contributed by atoms with van der Waals surface area (Å²) in [6, 6.07) is 10.8. The van der Waals surface area contributed by atoms with Crippen LogP contribution in [0.25, 0.3) is 0 Å². The van der Waals surface area contributed by atoms with Crippen molar-refractivity contribution in [2.24, 2.45) is 0 Å². The fourth-order valence-corrected chi connectivity index (χ4v) is 4.53. The van der Waals surface area contributed by atoms with E-state index in [1.807, 2.05) is 4.72 Å². The molecule has 0 bridgehead atoms. The Balaban J connectivity index is 2.45. The molecule has 24 heavy (non-hydrogen) atoms. The number of carboxylic acids is 1. The normalized spacial score (nSPS) is 13.4. The summed E-state index contributed by atoms with van der Waals surface area (Å²) in [5.74, 6) is -1.59. The second-order valence-corrected chi connectivity index (χ2v) is 8.62. The molecule has 2 rings (SSSR count). The molecule has 0 aliphatic rings. The first-order valence-electron chi connectivity index (χ1n) is 6.78.